The Labute approximate surface area is 98.7 Å². The Balaban J connectivity index is 0. The van der Waals surface area contributed by atoms with Gasteiger partial charge in [0.05, 0.1) is 6.10 Å². The Bertz CT molecular complexity index is 222. The number of carbonyl (C=O) groups is 2. The molecule has 0 aliphatic heterocycles. The molecule has 0 rings (SSSR count). The van der Waals surface area contributed by atoms with Crippen LogP contribution in [0.15, 0.2) is 0 Å². The second kappa shape index (κ2) is 8.13. The molecule has 1 amide bonds. The largest absolute Gasteiger partial charge is 0.463 e. The van der Waals surface area contributed by atoms with Gasteiger partial charge in [0.2, 0.25) is 5.91 Å². The van der Waals surface area contributed by atoms with Gasteiger partial charge < -0.3 is 10.1 Å². The highest BCUT2D eigenvalue weighted by Crippen LogP contribution is 2.18. The van der Waals surface area contributed by atoms with Crippen LogP contribution in [0.25, 0.3) is 0 Å². The van der Waals surface area contributed by atoms with Crippen LogP contribution in [-0.4, -0.2) is 25.0 Å². The van der Waals surface area contributed by atoms with Crippen molar-refractivity contribution in [3.8, 4) is 0 Å². The zero-order valence-corrected chi connectivity index (χ0v) is 11.5. The summed E-state index contributed by atoms with van der Waals surface area (Å²) in [7, 11) is 1.67. The summed E-state index contributed by atoms with van der Waals surface area (Å²) >= 11 is 0. The lowest BCUT2D eigenvalue weighted by Gasteiger charge is -2.19. The summed E-state index contributed by atoms with van der Waals surface area (Å²) in [5, 5.41) is 2.62. The van der Waals surface area contributed by atoms with Crippen LogP contribution < -0.4 is 5.32 Å². The minimum Gasteiger partial charge on any atom is -0.463 e. The Morgan fingerprint density at radius 2 is 1.75 bits per heavy atom. The van der Waals surface area contributed by atoms with E-state index in [0.29, 0.717) is 0 Å². The molecule has 0 saturated heterocycles. The van der Waals surface area contributed by atoms with Gasteiger partial charge in [-0.3, -0.25) is 9.59 Å². The molecular weight excluding hydrogens is 206 g/mol. The fraction of sp³-hybridized carbons (Fsp3) is 0.833. The molecule has 0 bridgehead atoms. The molecule has 0 aliphatic rings. The molecule has 0 aromatic carbocycles. The normalized spacial score (nSPS) is 10.2. The summed E-state index contributed by atoms with van der Waals surface area (Å²) in [4.78, 5) is 21.0. The van der Waals surface area contributed by atoms with Crippen molar-refractivity contribution in [2.24, 2.45) is 5.41 Å². The molecule has 0 saturated carbocycles. The van der Waals surface area contributed by atoms with Gasteiger partial charge in [-0.25, -0.2) is 0 Å². The first-order chi connectivity index (χ1) is 7.17. The topological polar surface area (TPSA) is 55.4 Å². The van der Waals surface area contributed by atoms with Gasteiger partial charge >= 0.3 is 5.97 Å². The molecule has 1 N–H and O–H groups in total. The fourth-order valence-electron chi connectivity index (χ4n) is 0.831. The highest BCUT2D eigenvalue weighted by atomic mass is 16.5. The maximum absolute atomic E-state index is 11.0. The summed E-state index contributed by atoms with van der Waals surface area (Å²) in [5.74, 6) is -0.0972. The second-order valence-corrected chi connectivity index (χ2v) is 4.47. The molecule has 4 nitrogen and oxygen atoms in total. The van der Waals surface area contributed by atoms with E-state index in [-0.39, 0.29) is 23.4 Å². The van der Waals surface area contributed by atoms with E-state index in [2.05, 4.69) is 10.1 Å². The molecule has 4 heteroatoms. The molecule has 0 aliphatic carbocycles. The van der Waals surface area contributed by atoms with Crippen molar-refractivity contribution in [2.45, 2.75) is 54.1 Å². The molecule has 0 aromatic rings. The summed E-state index contributed by atoms with van der Waals surface area (Å²) in [6.45, 7) is 10.9. The first-order valence-electron chi connectivity index (χ1n) is 5.56. The van der Waals surface area contributed by atoms with E-state index in [1.54, 1.807) is 7.05 Å². The number of hydrogen-bond acceptors (Lipinski definition) is 3. The van der Waals surface area contributed by atoms with Crippen LogP contribution in [0.1, 0.15) is 48.0 Å². The molecule has 0 fully saturated rings. The number of nitrogens with one attached hydrogen (secondary N) is 1. The molecule has 16 heavy (non-hydrogen) atoms. The van der Waals surface area contributed by atoms with Gasteiger partial charge in [0, 0.05) is 19.4 Å². The highest BCUT2D eigenvalue weighted by molar-refractivity contribution is 5.81. The molecule has 0 aromatic heterocycles. The second-order valence-electron chi connectivity index (χ2n) is 4.47. The van der Waals surface area contributed by atoms with Crippen molar-refractivity contribution < 1.29 is 14.3 Å². The molecule has 96 valence electrons. The first-order valence-corrected chi connectivity index (χ1v) is 5.56. The van der Waals surface area contributed by atoms with Gasteiger partial charge in [-0.05, 0) is 20.3 Å². The van der Waals surface area contributed by atoms with Gasteiger partial charge in [0.15, 0.2) is 0 Å². The zero-order valence-electron chi connectivity index (χ0n) is 11.5. The van der Waals surface area contributed by atoms with Crippen molar-refractivity contribution in [3.05, 3.63) is 0 Å². The van der Waals surface area contributed by atoms with Gasteiger partial charge in [0.25, 0.3) is 0 Å². The van der Waals surface area contributed by atoms with Crippen molar-refractivity contribution in [1.29, 1.82) is 0 Å². The third-order valence-electron chi connectivity index (χ3n) is 2.13. The van der Waals surface area contributed by atoms with E-state index in [9.17, 15) is 9.59 Å². The van der Waals surface area contributed by atoms with E-state index < -0.39 is 0 Å². The van der Waals surface area contributed by atoms with Crippen molar-refractivity contribution in [2.75, 3.05) is 7.05 Å². The Morgan fingerprint density at radius 3 is 1.81 bits per heavy atom. The average Bonchev–Trinajstić information content (AvgIpc) is 2.15. The van der Waals surface area contributed by atoms with Crippen LogP contribution in [-0.2, 0) is 14.3 Å². The van der Waals surface area contributed by atoms with E-state index in [1.165, 1.54) is 6.92 Å². The molecule has 0 radical (unpaired) electrons. The Kier molecular flexibility index (Phi) is 8.81. The van der Waals surface area contributed by atoms with Crippen LogP contribution in [0.5, 0.6) is 0 Å². The van der Waals surface area contributed by atoms with Crippen LogP contribution in [0.4, 0.5) is 0 Å². The molecule has 0 unspecified atom stereocenters. The molecular formula is C12H25NO3. The predicted molar refractivity (Wildman–Crippen MR) is 65.0 cm³/mol. The minimum absolute atomic E-state index is 0.0255. The lowest BCUT2D eigenvalue weighted by Crippen LogP contribution is -2.33. The summed E-state index contributed by atoms with van der Waals surface area (Å²) in [6, 6.07) is 0. The van der Waals surface area contributed by atoms with Crippen molar-refractivity contribution in [3.63, 3.8) is 0 Å². The average molecular weight is 231 g/mol. The zero-order chi connectivity index (χ0) is 13.4. The number of hydrogen-bond donors (Lipinski definition) is 1. The van der Waals surface area contributed by atoms with Crippen LogP contribution in [0.2, 0.25) is 0 Å². The number of ether oxygens (including phenoxy) is 1. The van der Waals surface area contributed by atoms with E-state index in [1.807, 2.05) is 34.6 Å². The third-order valence-corrected chi connectivity index (χ3v) is 2.13. The van der Waals surface area contributed by atoms with Gasteiger partial charge in [-0.2, -0.15) is 0 Å². The monoisotopic (exact) mass is 231 g/mol. The summed E-state index contributed by atoms with van der Waals surface area (Å²) in [6.07, 6.45) is 0.907. The molecule has 0 spiro atoms. The molecule has 0 heterocycles. The van der Waals surface area contributed by atoms with Crippen molar-refractivity contribution >= 4 is 11.9 Å². The Morgan fingerprint density at radius 1 is 1.31 bits per heavy atom. The first kappa shape index (κ1) is 17.3. The van der Waals surface area contributed by atoms with Crippen LogP contribution in [0, 0.1) is 5.41 Å². The van der Waals surface area contributed by atoms with Crippen molar-refractivity contribution in [1.82, 2.24) is 5.32 Å². The Hall–Kier alpha value is -1.06. The van der Waals surface area contributed by atoms with Crippen LogP contribution in [0.3, 0.4) is 0 Å². The lowest BCUT2D eigenvalue weighted by atomic mass is 9.89. The number of carbonyl (C=O) groups excluding carboxylic acids is 2. The number of amides is 1. The summed E-state index contributed by atoms with van der Waals surface area (Å²) in [5.41, 5.74) is -0.200. The predicted octanol–water partition coefficient (Wildman–Crippen LogP) is 2.13. The maximum Gasteiger partial charge on any atom is 0.302 e. The SMILES string of the molecule is CC(=O)OC(C)C.CCC(C)(C)C(=O)NC. The van der Waals surface area contributed by atoms with Crippen LogP contribution >= 0.6 is 0 Å². The van der Waals surface area contributed by atoms with Gasteiger partial charge in [-0.15, -0.1) is 0 Å². The van der Waals surface area contributed by atoms with E-state index in [4.69, 9.17) is 0 Å². The maximum atomic E-state index is 11.0. The highest BCUT2D eigenvalue weighted by Gasteiger charge is 2.23. The fourth-order valence-corrected chi connectivity index (χ4v) is 0.831. The van der Waals surface area contributed by atoms with E-state index >= 15 is 0 Å². The number of esters is 1. The smallest absolute Gasteiger partial charge is 0.302 e. The third kappa shape index (κ3) is 9.49. The minimum atomic E-state index is -0.213. The quantitative estimate of drug-likeness (QED) is 0.757. The summed E-state index contributed by atoms with van der Waals surface area (Å²) < 4.78 is 4.61. The molecule has 0 atom stereocenters. The van der Waals surface area contributed by atoms with Gasteiger partial charge in [-0.1, -0.05) is 20.8 Å². The van der Waals surface area contributed by atoms with E-state index in [0.717, 1.165) is 6.42 Å². The standard InChI is InChI=1S/C7H15NO.C5H10O2/c1-5-7(2,3)6(9)8-4;1-4(2)7-5(3)6/h5H2,1-4H3,(H,8,9);4H,1-3H3. The lowest BCUT2D eigenvalue weighted by molar-refractivity contribution is -0.144. The number of rotatable bonds is 3. The van der Waals surface area contributed by atoms with Gasteiger partial charge in [0.1, 0.15) is 0 Å².